The maximum Gasteiger partial charge on any atom is 0.217 e. The van der Waals surface area contributed by atoms with Crippen molar-refractivity contribution in [3.63, 3.8) is 0 Å². The Morgan fingerprint density at radius 2 is 1.81 bits per heavy atom. The highest BCUT2D eigenvalue weighted by molar-refractivity contribution is 6.00. The lowest BCUT2D eigenvalue weighted by atomic mass is 10.0. The quantitative estimate of drug-likeness (QED) is 0.642. The molecule has 0 saturated carbocycles. The zero-order chi connectivity index (χ0) is 18.5. The summed E-state index contributed by atoms with van der Waals surface area (Å²) in [5.74, 6) is 0.671. The van der Waals surface area contributed by atoms with Crippen LogP contribution in [-0.2, 0) is 0 Å². The first-order valence-corrected chi connectivity index (χ1v) is 8.71. The predicted molar refractivity (Wildman–Crippen MR) is 105 cm³/mol. The molecule has 1 aliphatic heterocycles. The topological polar surface area (TPSA) is 48.8 Å². The lowest BCUT2D eigenvalue weighted by Crippen LogP contribution is -2.38. The van der Waals surface area contributed by atoms with E-state index in [1.807, 2.05) is 37.3 Å². The Kier molecular flexibility index (Phi) is 5.46. The van der Waals surface area contributed by atoms with E-state index in [9.17, 15) is 4.39 Å². The molecule has 134 valence electrons. The van der Waals surface area contributed by atoms with E-state index in [2.05, 4.69) is 40.8 Å². The molecule has 26 heavy (non-hydrogen) atoms. The Morgan fingerprint density at radius 1 is 1.12 bits per heavy atom. The number of aliphatic imine (C=N–C) groups is 1. The highest BCUT2D eigenvalue weighted by Gasteiger charge is 2.19. The molecule has 2 aromatic carbocycles. The number of rotatable bonds is 4. The fourth-order valence-electron chi connectivity index (χ4n) is 2.64. The number of guanidine groups is 1. The van der Waals surface area contributed by atoms with Crippen LogP contribution in [0, 0.1) is 11.7 Å². The van der Waals surface area contributed by atoms with Crippen molar-refractivity contribution in [1.82, 2.24) is 10.7 Å². The fourth-order valence-corrected chi connectivity index (χ4v) is 2.64. The summed E-state index contributed by atoms with van der Waals surface area (Å²) in [6.45, 7) is 6.19. The van der Waals surface area contributed by atoms with Crippen LogP contribution in [0.1, 0.15) is 31.9 Å². The minimum Gasteiger partial charge on any atom is -0.325 e. The molecule has 0 aliphatic carbocycles. The maximum atomic E-state index is 13.2. The number of benzene rings is 2. The summed E-state index contributed by atoms with van der Waals surface area (Å²) in [6, 6.07) is 16.4. The second-order valence-electron chi connectivity index (χ2n) is 6.60. The molecule has 1 atom stereocenters. The van der Waals surface area contributed by atoms with Gasteiger partial charge in [0.2, 0.25) is 5.96 Å². The molecule has 1 aliphatic rings. The molecule has 0 saturated heterocycles. The van der Waals surface area contributed by atoms with E-state index in [1.54, 1.807) is 12.1 Å². The Bertz CT molecular complexity index is 836. The van der Waals surface area contributed by atoms with Gasteiger partial charge in [-0.05, 0) is 54.3 Å². The van der Waals surface area contributed by atoms with Gasteiger partial charge in [-0.3, -0.25) is 0 Å². The SMILES string of the molecule is C/C(=N\NC1=NC(C(C)C)C=C(c2ccc(F)cc2)N1)c1ccccc1. The van der Waals surface area contributed by atoms with E-state index in [1.165, 1.54) is 12.1 Å². The van der Waals surface area contributed by atoms with Crippen LogP contribution in [-0.4, -0.2) is 17.7 Å². The molecule has 1 heterocycles. The van der Waals surface area contributed by atoms with Gasteiger partial charge >= 0.3 is 0 Å². The molecule has 2 N–H and O–H groups in total. The van der Waals surface area contributed by atoms with Gasteiger partial charge in [0.1, 0.15) is 5.82 Å². The molecule has 0 radical (unpaired) electrons. The third-order valence-corrected chi connectivity index (χ3v) is 4.23. The van der Waals surface area contributed by atoms with Crippen molar-refractivity contribution >= 4 is 17.4 Å². The van der Waals surface area contributed by atoms with Crippen molar-refractivity contribution in [2.45, 2.75) is 26.8 Å². The second kappa shape index (κ2) is 7.95. The number of nitrogens with one attached hydrogen (secondary N) is 2. The van der Waals surface area contributed by atoms with E-state index in [0.29, 0.717) is 11.9 Å². The van der Waals surface area contributed by atoms with Crippen molar-refractivity contribution in [2.75, 3.05) is 0 Å². The van der Waals surface area contributed by atoms with Gasteiger partial charge in [0.15, 0.2) is 0 Å². The van der Waals surface area contributed by atoms with Gasteiger partial charge in [-0.25, -0.2) is 14.8 Å². The summed E-state index contributed by atoms with van der Waals surface area (Å²) in [4.78, 5) is 4.68. The third kappa shape index (κ3) is 4.36. The molecule has 0 bridgehead atoms. The molecule has 0 fully saturated rings. The van der Waals surface area contributed by atoms with Gasteiger partial charge < -0.3 is 5.32 Å². The third-order valence-electron chi connectivity index (χ3n) is 4.23. The molecule has 0 amide bonds. The van der Waals surface area contributed by atoms with Crippen molar-refractivity contribution < 1.29 is 4.39 Å². The molecule has 3 rings (SSSR count). The molecule has 2 aromatic rings. The normalized spacial score (nSPS) is 17.4. The van der Waals surface area contributed by atoms with E-state index in [4.69, 9.17) is 0 Å². The van der Waals surface area contributed by atoms with Crippen LogP contribution in [0.25, 0.3) is 5.70 Å². The molecular formula is C21H23FN4. The summed E-state index contributed by atoms with van der Waals surface area (Å²) in [5.41, 5.74) is 6.75. The summed E-state index contributed by atoms with van der Waals surface area (Å²) in [6.07, 6.45) is 2.07. The summed E-state index contributed by atoms with van der Waals surface area (Å²) in [7, 11) is 0. The largest absolute Gasteiger partial charge is 0.325 e. The number of hydrogen-bond acceptors (Lipinski definition) is 4. The number of halogens is 1. The molecule has 0 spiro atoms. The van der Waals surface area contributed by atoms with E-state index >= 15 is 0 Å². The zero-order valence-electron chi connectivity index (χ0n) is 15.2. The predicted octanol–water partition coefficient (Wildman–Crippen LogP) is 4.16. The first-order valence-electron chi connectivity index (χ1n) is 8.71. The smallest absolute Gasteiger partial charge is 0.217 e. The first-order chi connectivity index (χ1) is 12.5. The van der Waals surface area contributed by atoms with Gasteiger partial charge in [0.05, 0.1) is 11.8 Å². The van der Waals surface area contributed by atoms with Crippen molar-refractivity contribution in [2.24, 2.45) is 16.0 Å². The van der Waals surface area contributed by atoms with Crippen molar-refractivity contribution in [1.29, 1.82) is 0 Å². The van der Waals surface area contributed by atoms with Crippen LogP contribution < -0.4 is 10.7 Å². The Labute approximate surface area is 153 Å². The molecule has 1 unspecified atom stereocenters. The molecule has 0 aromatic heterocycles. The van der Waals surface area contributed by atoms with Crippen molar-refractivity contribution in [3.8, 4) is 0 Å². The van der Waals surface area contributed by atoms with Crippen LogP contribution in [0.3, 0.4) is 0 Å². The highest BCUT2D eigenvalue weighted by atomic mass is 19.1. The Balaban J connectivity index is 1.80. The average molecular weight is 350 g/mol. The van der Waals surface area contributed by atoms with Crippen LogP contribution >= 0.6 is 0 Å². The molecular weight excluding hydrogens is 327 g/mol. The molecule has 5 heteroatoms. The van der Waals surface area contributed by atoms with E-state index < -0.39 is 0 Å². The van der Waals surface area contributed by atoms with Crippen LogP contribution in [0.4, 0.5) is 4.39 Å². The first kappa shape index (κ1) is 17.9. The Hall–Kier alpha value is -2.95. The van der Waals surface area contributed by atoms with Gasteiger partial charge in [-0.2, -0.15) is 5.10 Å². The minimum atomic E-state index is -0.249. The number of hydrazone groups is 1. The van der Waals surface area contributed by atoms with Gasteiger partial charge in [-0.1, -0.05) is 44.2 Å². The standard InChI is InChI=1S/C21H23FN4/c1-14(2)19-13-20(17-9-11-18(22)12-10-17)24-21(23-19)26-25-15(3)16-7-5-4-6-8-16/h4-14,19H,1-3H3,(H2,23,24,26)/b25-15+. The maximum absolute atomic E-state index is 13.2. The van der Waals surface area contributed by atoms with E-state index in [-0.39, 0.29) is 11.9 Å². The number of nitrogens with zero attached hydrogens (tertiary/aromatic N) is 2. The fraction of sp³-hybridized carbons (Fsp3) is 0.238. The van der Waals surface area contributed by atoms with Gasteiger partial charge in [0, 0.05) is 5.70 Å². The zero-order valence-corrected chi connectivity index (χ0v) is 15.2. The minimum absolute atomic E-state index is 0.0195. The van der Waals surface area contributed by atoms with Crippen LogP contribution in [0.5, 0.6) is 0 Å². The van der Waals surface area contributed by atoms with Crippen LogP contribution in [0.2, 0.25) is 0 Å². The monoisotopic (exact) mass is 350 g/mol. The average Bonchev–Trinajstić information content (AvgIpc) is 2.67. The lowest BCUT2D eigenvalue weighted by Gasteiger charge is -2.24. The van der Waals surface area contributed by atoms with E-state index in [0.717, 1.165) is 22.5 Å². The summed E-state index contributed by atoms with van der Waals surface area (Å²) in [5, 5.41) is 7.69. The second-order valence-corrected chi connectivity index (χ2v) is 6.60. The van der Waals surface area contributed by atoms with Gasteiger partial charge in [0.25, 0.3) is 0 Å². The van der Waals surface area contributed by atoms with Crippen molar-refractivity contribution in [3.05, 3.63) is 77.6 Å². The van der Waals surface area contributed by atoms with Crippen LogP contribution in [0.15, 0.2) is 70.8 Å². The number of hydrogen-bond donors (Lipinski definition) is 2. The highest BCUT2D eigenvalue weighted by Crippen LogP contribution is 2.20. The lowest BCUT2D eigenvalue weighted by molar-refractivity contribution is 0.564. The summed E-state index contributed by atoms with van der Waals surface area (Å²) < 4.78 is 13.2. The summed E-state index contributed by atoms with van der Waals surface area (Å²) >= 11 is 0. The Morgan fingerprint density at radius 3 is 2.46 bits per heavy atom. The molecule has 4 nitrogen and oxygen atoms in total. The van der Waals surface area contributed by atoms with Gasteiger partial charge in [-0.15, -0.1) is 0 Å².